The third kappa shape index (κ3) is 3.93. The molecule has 1 atom stereocenters. The molecule has 12 heteroatoms. The zero-order valence-corrected chi connectivity index (χ0v) is 17.8. The van der Waals surface area contributed by atoms with Crippen LogP contribution in [0.15, 0.2) is 18.3 Å². The first kappa shape index (κ1) is 21.8. The van der Waals surface area contributed by atoms with Crippen LogP contribution in [0.4, 0.5) is 24.9 Å². The maximum Gasteiger partial charge on any atom is 0.417 e. The van der Waals surface area contributed by atoms with Crippen LogP contribution in [-0.4, -0.2) is 55.4 Å². The number of ether oxygens (including phenoxy) is 1. The van der Waals surface area contributed by atoms with Gasteiger partial charge in [-0.1, -0.05) is 0 Å². The van der Waals surface area contributed by atoms with Gasteiger partial charge in [0.15, 0.2) is 9.84 Å². The van der Waals surface area contributed by atoms with Gasteiger partial charge in [-0.25, -0.2) is 23.4 Å². The Bertz CT molecular complexity index is 1120. The van der Waals surface area contributed by atoms with Crippen molar-refractivity contribution in [3.8, 4) is 11.3 Å². The van der Waals surface area contributed by atoms with E-state index in [2.05, 4.69) is 15.0 Å². The number of halogens is 3. The van der Waals surface area contributed by atoms with E-state index in [1.807, 2.05) is 11.8 Å². The molecule has 1 unspecified atom stereocenters. The molecule has 1 aliphatic heterocycles. The van der Waals surface area contributed by atoms with E-state index < -0.39 is 26.3 Å². The van der Waals surface area contributed by atoms with E-state index in [0.29, 0.717) is 32.6 Å². The molecule has 168 valence electrons. The van der Waals surface area contributed by atoms with Crippen molar-refractivity contribution < 1.29 is 26.3 Å². The van der Waals surface area contributed by atoms with Crippen molar-refractivity contribution >= 4 is 21.6 Å². The fourth-order valence-corrected chi connectivity index (χ4v) is 5.13. The predicted molar refractivity (Wildman–Crippen MR) is 108 cm³/mol. The summed E-state index contributed by atoms with van der Waals surface area (Å²) in [6, 6.07) is 1.94. The summed E-state index contributed by atoms with van der Waals surface area (Å²) in [7, 11) is -3.54. The molecule has 2 aromatic heterocycles. The average molecular weight is 457 g/mol. The highest BCUT2D eigenvalue weighted by atomic mass is 32.2. The molecule has 2 aliphatic rings. The molecule has 3 heterocycles. The second kappa shape index (κ2) is 7.30. The fourth-order valence-electron chi connectivity index (χ4n) is 3.80. The first-order chi connectivity index (χ1) is 14.4. The lowest BCUT2D eigenvalue weighted by Gasteiger charge is -2.34. The molecule has 4 rings (SSSR count). The van der Waals surface area contributed by atoms with E-state index in [1.165, 1.54) is 6.07 Å². The monoisotopic (exact) mass is 457 g/mol. The number of sulfone groups is 1. The SMILES string of the molecule is CC1COCCN1c1nc(-c2cnc(N)cc2C(F)(F)F)cc(C2(S(C)(=O)=O)CC2)n1. The molecule has 0 spiro atoms. The maximum atomic E-state index is 13.7. The molecule has 8 nitrogen and oxygen atoms in total. The van der Waals surface area contributed by atoms with Crippen LogP contribution in [0.25, 0.3) is 11.3 Å². The number of morpholine rings is 1. The number of nitrogen functional groups attached to an aromatic ring is 1. The number of hydrogen-bond donors (Lipinski definition) is 1. The smallest absolute Gasteiger partial charge is 0.384 e. The van der Waals surface area contributed by atoms with Crippen molar-refractivity contribution in [2.45, 2.75) is 36.7 Å². The van der Waals surface area contributed by atoms with Crippen LogP contribution in [0.2, 0.25) is 0 Å². The van der Waals surface area contributed by atoms with Gasteiger partial charge in [-0.3, -0.25) is 0 Å². The van der Waals surface area contributed by atoms with Gasteiger partial charge in [-0.05, 0) is 31.9 Å². The molecule has 0 radical (unpaired) electrons. The molecule has 1 aliphatic carbocycles. The van der Waals surface area contributed by atoms with E-state index in [1.54, 1.807) is 0 Å². The minimum atomic E-state index is -4.70. The van der Waals surface area contributed by atoms with Crippen molar-refractivity contribution in [3.05, 3.63) is 29.6 Å². The Balaban J connectivity index is 1.94. The third-order valence-corrected chi connectivity index (χ3v) is 7.76. The number of anilines is 2. The van der Waals surface area contributed by atoms with Crippen LogP contribution in [0.1, 0.15) is 31.0 Å². The van der Waals surface area contributed by atoms with Gasteiger partial charge in [0.25, 0.3) is 0 Å². The normalized spacial score (nSPS) is 21.2. The lowest BCUT2D eigenvalue weighted by molar-refractivity contribution is -0.137. The predicted octanol–water partition coefficient (Wildman–Crippen LogP) is 2.40. The van der Waals surface area contributed by atoms with Crippen LogP contribution in [0.5, 0.6) is 0 Å². The summed E-state index contributed by atoms with van der Waals surface area (Å²) in [5.74, 6) is -0.106. The third-order valence-electron chi connectivity index (χ3n) is 5.73. The molecule has 1 saturated carbocycles. The maximum absolute atomic E-state index is 13.7. The van der Waals surface area contributed by atoms with Crippen LogP contribution in [-0.2, 0) is 25.5 Å². The Morgan fingerprint density at radius 1 is 1.26 bits per heavy atom. The van der Waals surface area contributed by atoms with E-state index in [-0.39, 0.29) is 34.8 Å². The first-order valence-corrected chi connectivity index (χ1v) is 11.6. The van der Waals surface area contributed by atoms with Crippen LogP contribution >= 0.6 is 0 Å². The van der Waals surface area contributed by atoms with Gasteiger partial charge in [0, 0.05) is 24.6 Å². The Hall–Kier alpha value is -2.47. The van der Waals surface area contributed by atoms with Crippen LogP contribution in [0, 0.1) is 0 Å². The average Bonchev–Trinajstić information content (AvgIpc) is 3.49. The Morgan fingerprint density at radius 3 is 2.55 bits per heavy atom. The number of rotatable bonds is 4. The largest absolute Gasteiger partial charge is 0.417 e. The fraction of sp³-hybridized carbons (Fsp3) is 0.526. The zero-order chi connectivity index (χ0) is 22.6. The van der Waals surface area contributed by atoms with Gasteiger partial charge in [0.2, 0.25) is 5.95 Å². The van der Waals surface area contributed by atoms with E-state index in [9.17, 15) is 21.6 Å². The van der Waals surface area contributed by atoms with Crippen LogP contribution < -0.4 is 10.6 Å². The molecule has 1 saturated heterocycles. The lowest BCUT2D eigenvalue weighted by Crippen LogP contribution is -2.45. The molecule has 0 amide bonds. The number of hydrogen-bond acceptors (Lipinski definition) is 8. The highest BCUT2D eigenvalue weighted by molar-refractivity contribution is 7.91. The van der Waals surface area contributed by atoms with Gasteiger partial charge < -0.3 is 15.4 Å². The van der Waals surface area contributed by atoms with E-state index in [0.717, 1.165) is 18.5 Å². The van der Waals surface area contributed by atoms with E-state index >= 15 is 0 Å². The molecular formula is C19H22F3N5O3S. The zero-order valence-electron chi connectivity index (χ0n) is 17.0. The minimum absolute atomic E-state index is 0.0477. The summed E-state index contributed by atoms with van der Waals surface area (Å²) in [6.45, 7) is 3.12. The summed E-state index contributed by atoms with van der Waals surface area (Å²) < 4.78 is 70.3. The number of aromatic nitrogens is 3. The molecule has 31 heavy (non-hydrogen) atoms. The van der Waals surface area contributed by atoms with Gasteiger partial charge in [-0.2, -0.15) is 13.2 Å². The summed E-state index contributed by atoms with van der Waals surface area (Å²) >= 11 is 0. The molecule has 2 fully saturated rings. The summed E-state index contributed by atoms with van der Waals surface area (Å²) in [6.07, 6.45) is -1.86. The second-order valence-electron chi connectivity index (χ2n) is 7.97. The topological polar surface area (TPSA) is 111 Å². The van der Waals surface area contributed by atoms with Gasteiger partial charge >= 0.3 is 6.18 Å². The molecule has 0 aromatic carbocycles. The highest BCUT2D eigenvalue weighted by Gasteiger charge is 2.55. The molecular weight excluding hydrogens is 435 g/mol. The summed E-state index contributed by atoms with van der Waals surface area (Å²) in [5, 5.41) is 0. The van der Waals surface area contributed by atoms with Crippen molar-refractivity contribution in [2.24, 2.45) is 0 Å². The second-order valence-corrected chi connectivity index (χ2v) is 10.3. The van der Waals surface area contributed by atoms with Crippen molar-refractivity contribution in [1.29, 1.82) is 0 Å². The number of alkyl halides is 3. The highest BCUT2D eigenvalue weighted by Crippen LogP contribution is 2.52. The molecule has 2 aromatic rings. The summed E-state index contributed by atoms with van der Waals surface area (Å²) in [4.78, 5) is 14.5. The number of pyridine rings is 1. The summed E-state index contributed by atoms with van der Waals surface area (Å²) in [5.41, 5.74) is 4.36. The van der Waals surface area contributed by atoms with Crippen molar-refractivity contribution in [1.82, 2.24) is 15.0 Å². The standard InChI is InChI=1S/C19H22F3N5O3S/c1-11-10-30-6-5-27(11)17-25-14(8-15(26-17)18(3-4-18)31(2,28)29)12-9-24-16(23)7-13(12)19(20,21)22/h7-9,11H,3-6,10H2,1-2H3,(H2,23,24). The van der Waals surface area contributed by atoms with Gasteiger partial charge in [0.1, 0.15) is 10.6 Å². The van der Waals surface area contributed by atoms with E-state index in [4.69, 9.17) is 10.5 Å². The van der Waals surface area contributed by atoms with Crippen molar-refractivity contribution in [2.75, 3.05) is 36.6 Å². The number of nitrogens with zero attached hydrogens (tertiary/aromatic N) is 4. The quantitative estimate of drug-likeness (QED) is 0.745. The first-order valence-electron chi connectivity index (χ1n) is 9.69. The molecule has 0 bridgehead atoms. The number of nitrogens with two attached hydrogens (primary N) is 1. The molecule has 2 N–H and O–H groups in total. The van der Waals surface area contributed by atoms with Gasteiger partial charge in [0.05, 0.1) is 36.2 Å². The van der Waals surface area contributed by atoms with Crippen molar-refractivity contribution in [3.63, 3.8) is 0 Å². The van der Waals surface area contributed by atoms with Crippen LogP contribution in [0.3, 0.4) is 0 Å². The Morgan fingerprint density at radius 2 is 1.97 bits per heavy atom. The Labute approximate surface area is 177 Å². The lowest BCUT2D eigenvalue weighted by atomic mass is 10.0. The Kier molecular flexibility index (Phi) is 5.12. The minimum Gasteiger partial charge on any atom is -0.384 e. The van der Waals surface area contributed by atoms with Gasteiger partial charge in [-0.15, -0.1) is 0 Å².